The smallest absolute Gasteiger partial charge is 0.304 e. The van der Waals surface area contributed by atoms with E-state index in [1.807, 2.05) is 24.3 Å². The van der Waals surface area contributed by atoms with Crippen molar-refractivity contribution in [2.45, 2.75) is 16.8 Å². The van der Waals surface area contributed by atoms with Crippen LogP contribution in [0, 0.1) is 0 Å². The summed E-state index contributed by atoms with van der Waals surface area (Å²) in [6.07, 6.45) is 1.41. The van der Waals surface area contributed by atoms with Gasteiger partial charge in [0.05, 0.1) is 13.5 Å². The van der Waals surface area contributed by atoms with E-state index in [2.05, 4.69) is 15.2 Å². The molecule has 2 aromatic rings. The van der Waals surface area contributed by atoms with E-state index < -0.39 is 5.97 Å². The summed E-state index contributed by atoms with van der Waals surface area (Å²) in [5, 5.41) is 15.8. The topological polar surface area (TPSA) is 88.1 Å². The third kappa shape index (κ3) is 3.72. The third-order valence-electron chi connectivity index (χ3n) is 2.49. The van der Waals surface area contributed by atoms with Crippen molar-refractivity contribution < 1.29 is 14.6 Å². The van der Waals surface area contributed by atoms with Crippen LogP contribution in [0.15, 0.2) is 35.7 Å². The summed E-state index contributed by atoms with van der Waals surface area (Å²) in [4.78, 5) is 15.0. The second-order valence-electron chi connectivity index (χ2n) is 3.77. The molecule has 0 aliphatic carbocycles. The molecule has 1 atom stereocenters. The van der Waals surface area contributed by atoms with Crippen LogP contribution in [0.2, 0.25) is 0 Å². The Hall–Kier alpha value is -2.02. The van der Waals surface area contributed by atoms with E-state index >= 15 is 0 Å². The summed E-state index contributed by atoms with van der Waals surface area (Å²) in [6, 6.07) is 7.34. The Morgan fingerprint density at radius 2 is 2.21 bits per heavy atom. The second kappa shape index (κ2) is 6.24. The molecule has 0 spiro atoms. The molecule has 1 heterocycles. The fourth-order valence-corrected chi connectivity index (χ4v) is 2.59. The number of carboxylic acid groups (broad SMARTS) is 1. The Balaban J connectivity index is 2.17. The molecule has 1 aromatic heterocycles. The zero-order chi connectivity index (χ0) is 13.7. The summed E-state index contributed by atoms with van der Waals surface area (Å²) in [6.45, 7) is 0. The Labute approximate surface area is 114 Å². The molecular formula is C12H13N3O3S. The van der Waals surface area contributed by atoms with Crippen LogP contribution >= 0.6 is 11.8 Å². The largest absolute Gasteiger partial charge is 0.497 e. The van der Waals surface area contributed by atoms with Gasteiger partial charge in [-0.2, -0.15) is 5.10 Å². The lowest BCUT2D eigenvalue weighted by Gasteiger charge is -2.13. The molecule has 0 amide bonds. The number of methoxy groups -OCH3 is 1. The first kappa shape index (κ1) is 13.4. The SMILES string of the molecule is COc1ccc([C@H](CC(=O)O)Sc2ncn[nH]2)cc1. The van der Waals surface area contributed by atoms with Gasteiger partial charge in [0.25, 0.3) is 0 Å². The normalized spacial score (nSPS) is 12.1. The highest BCUT2D eigenvalue weighted by atomic mass is 32.2. The van der Waals surface area contributed by atoms with Crippen molar-refractivity contribution in [2.24, 2.45) is 0 Å². The number of thioether (sulfide) groups is 1. The Bertz CT molecular complexity index is 528. The number of aromatic nitrogens is 3. The molecule has 19 heavy (non-hydrogen) atoms. The quantitative estimate of drug-likeness (QED) is 0.787. The van der Waals surface area contributed by atoms with E-state index in [0.29, 0.717) is 5.16 Å². The van der Waals surface area contributed by atoms with Crippen LogP contribution in [-0.2, 0) is 4.79 Å². The van der Waals surface area contributed by atoms with E-state index in [1.54, 1.807) is 7.11 Å². The summed E-state index contributed by atoms with van der Waals surface area (Å²) in [5.41, 5.74) is 0.907. The van der Waals surface area contributed by atoms with Crippen molar-refractivity contribution in [2.75, 3.05) is 7.11 Å². The van der Waals surface area contributed by atoms with Crippen molar-refractivity contribution in [1.82, 2.24) is 15.2 Å². The minimum atomic E-state index is -0.854. The predicted molar refractivity (Wildman–Crippen MR) is 70.2 cm³/mol. The highest BCUT2D eigenvalue weighted by molar-refractivity contribution is 7.99. The van der Waals surface area contributed by atoms with Gasteiger partial charge in [-0.15, -0.1) is 0 Å². The lowest BCUT2D eigenvalue weighted by atomic mass is 10.1. The van der Waals surface area contributed by atoms with Gasteiger partial charge < -0.3 is 9.84 Å². The number of nitrogens with zero attached hydrogens (tertiary/aromatic N) is 2. The van der Waals surface area contributed by atoms with Gasteiger partial charge >= 0.3 is 5.97 Å². The van der Waals surface area contributed by atoms with Gasteiger partial charge in [-0.3, -0.25) is 9.89 Å². The number of carbonyl (C=O) groups is 1. The van der Waals surface area contributed by atoms with Crippen LogP contribution in [0.5, 0.6) is 5.75 Å². The monoisotopic (exact) mass is 279 g/mol. The average molecular weight is 279 g/mol. The number of H-pyrrole nitrogens is 1. The third-order valence-corrected chi connectivity index (χ3v) is 3.64. The van der Waals surface area contributed by atoms with Gasteiger partial charge in [0.2, 0.25) is 0 Å². The summed E-state index contributed by atoms with van der Waals surface area (Å²) in [5.74, 6) is -0.115. The number of nitrogens with one attached hydrogen (secondary N) is 1. The number of rotatable bonds is 6. The Morgan fingerprint density at radius 3 is 2.74 bits per heavy atom. The molecule has 0 bridgehead atoms. The number of carboxylic acids is 1. The number of hydrogen-bond donors (Lipinski definition) is 2. The molecule has 2 rings (SSSR count). The van der Waals surface area contributed by atoms with Crippen LogP contribution in [0.1, 0.15) is 17.2 Å². The maximum Gasteiger partial charge on any atom is 0.304 e. The molecule has 0 fully saturated rings. The molecule has 0 unspecified atom stereocenters. The molecule has 0 radical (unpaired) electrons. The van der Waals surface area contributed by atoms with Crippen LogP contribution in [0.4, 0.5) is 0 Å². The van der Waals surface area contributed by atoms with E-state index in [9.17, 15) is 4.79 Å². The number of aliphatic carboxylic acids is 1. The van der Waals surface area contributed by atoms with Crippen LogP contribution in [0.25, 0.3) is 0 Å². The molecular weight excluding hydrogens is 266 g/mol. The number of hydrogen-bond acceptors (Lipinski definition) is 5. The highest BCUT2D eigenvalue weighted by Crippen LogP contribution is 2.36. The number of aromatic amines is 1. The fraction of sp³-hybridized carbons (Fsp3) is 0.250. The summed E-state index contributed by atoms with van der Waals surface area (Å²) >= 11 is 1.34. The van der Waals surface area contributed by atoms with E-state index in [4.69, 9.17) is 9.84 Å². The molecule has 0 aliphatic heterocycles. The van der Waals surface area contributed by atoms with Gasteiger partial charge in [0, 0.05) is 5.25 Å². The van der Waals surface area contributed by atoms with Gasteiger partial charge in [0.15, 0.2) is 5.16 Å². The van der Waals surface area contributed by atoms with Crippen LogP contribution < -0.4 is 4.74 Å². The predicted octanol–water partition coefficient (Wildman–Crippen LogP) is 2.12. The summed E-state index contributed by atoms with van der Waals surface area (Å²) < 4.78 is 5.08. The Morgan fingerprint density at radius 1 is 1.47 bits per heavy atom. The Kier molecular flexibility index (Phi) is 4.40. The minimum absolute atomic E-state index is 0.0116. The van der Waals surface area contributed by atoms with Gasteiger partial charge in [-0.1, -0.05) is 23.9 Å². The van der Waals surface area contributed by atoms with Crippen molar-refractivity contribution in [1.29, 1.82) is 0 Å². The van der Waals surface area contributed by atoms with Gasteiger partial charge in [-0.25, -0.2) is 4.98 Å². The van der Waals surface area contributed by atoms with E-state index in [-0.39, 0.29) is 11.7 Å². The maximum absolute atomic E-state index is 11.0. The first-order valence-electron chi connectivity index (χ1n) is 5.57. The molecule has 7 heteroatoms. The molecule has 0 saturated heterocycles. The number of benzene rings is 1. The maximum atomic E-state index is 11.0. The van der Waals surface area contributed by atoms with Crippen molar-refractivity contribution in [3.63, 3.8) is 0 Å². The molecule has 6 nitrogen and oxygen atoms in total. The molecule has 0 aliphatic rings. The first-order valence-corrected chi connectivity index (χ1v) is 6.45. The van der Waals surface area contributed by atoms with Crippen molar-refractivity contribution in [3.05, 3.63) is 36.2 Å². The lowest BCUT2D eigenvalue weighted by Crippen LogP contribution is -2.03. The highest BCUT2D eigenvalue weighted by Gasteiger charge is 2.18. The average Bonchev–Trinajstić information content (AvgIpc) is 2.90. The van der Waals surface area contributed by atoms with Crippen LogP contribution in [0.3, 0.4) is 0 Å². The van der Waals surface area contributed by atoms with Gasteiger partial charge in [-0.05, 0) is 17.7 Å². The molecule has 1 aromatic carbocycles. The van der Waals surface area contributed by atoms with Crippen molar-refractivity contribution in [3.8, 4) is 5.75 Å². The van der Waals surface area contributed by atoms with Crippen molar-refractivity contribution >= 4 is 17.7 Å². The number of ether oxygens (including phenoxy) is 1. The molecule has 100 valence electrons. The van der Waals surface area contributed by atoms with Gasteiger partial charge in [0.1, 0.15) is 12.1 Å². The van der Waals surface area contributed by atoms with Crippen LogP contribution in [-0.4, -0.2) is 33.4 Å². The van der Waals surface area contributed by atoms with E-state index in [1.165, 1.54) is 18.1 Å². The van der Waals surface area contributed by atoms with E-state index in [0.717, 1.165) is 11.3 Å². The second-order valence-corrected chi connectivity index (χ2v) is 4.96. The lowest BCUT2D eigenvalue weighted by molar-refractivity contribution is -0.137. The summed E-state index contributed by atoms with van der Waals surface area (Å²) in [7, 11) is 1.59. The minimum Gasteiger partial charge on any atom is -0.497 e. The molecule has 0 saturated carbocycles. The zero-order valence-electron chi connectivity index (χ0n) is 10.2. The zero-order valence-corrected chi connectivity index (χ0v) is 11.1. The standard InChI is InChI=1S/C12H13N3O3S/c1-18-9-4-2-8(3-5-9)10(6-11(16)17)19-12-13-7-14-15-12/h2-5,7,10H,6H2,1H3,(H,16,17)(H,13,14,15)/t10-/m0/s1. The first-order chi connectivity index (χ1) is 9.19. The fourth-order valence-electron chi connectivity index (χ4n) is 1.59. The molecule has 2 N–H and O–H groups in total.